The van der Waals surface area contributed by atoms with Gasteiger partial charge in [-0.05, 0) is 18.4 Å². The molecule has 1 aromatic rings. The normalized spacial score (nSPS) is 16.9. The Bertz CT molecular complexity index is 416. The van der Waals surface area contributed by atoms with Crippen LogP contribution >= 0.6 is 0 Å². The number of ether oxygens (including phenoxy) is 1. The van der Waals surface area contributed by atoms with Crippen LogP contribution in [0.2, 0.25) is 0 Å². The summed E-state index contributed by atoms with van der Waals surface area (Å²) in [6.45, 7) is 6.45. The molecule has 0 bridgehead atoms. The molecule has 1 heterocycles. The lowest BCUT2D eigenvalue weighted by atomic mass is 10.1. The topological polar surface area (TPSA) is 62.9 Å². The van der Waals surface area contributed by atoms with Gasteiger partial charge in [0, 0.05) is 32.7 Å². The second kappa shape index (κ2) is 9.37. The van der Waals surface area contributed by atoms with E-state index in [-0.39, 0.29) is 0 Å². The lowest BCUT2D eigenvalue weighted by molar-refractivity contribution is 0.0377. The van der Waals surface area contributed by atoms with Gasteiger partial charge in [0.1, 0.15) is 0 Å². The molecule has 0 aliphatic carbocycles. The zero-order chi connectivity index (χ0) is 14.8. The Morgan fingerprint density at radius 3 is 2.76 bits per heavy atom. The number of nitrogens with two attached hydrogens (primary N) is 1. The molecule has 2 rings (SSSR count). The molecule has 0 aromatic heterocycles. The van der Waals surface area contributed by atoms with E-state index < -0.39 is 0 Å². The fraction of sp³-hybridized carbons (Fsp3) is 0.562. The lowest BCUT2D eigenvalue weighted by Gasteiger charge is -2.26. The Labute approximate surface area is 127 Å². The lowest BCUT2D eigenvalue weighted by Crippen LogP contribution is -2.37. The van der Waals surface area contributed by atoms with Crippen LogP contribution in [-0.2, 0) is 11.2 Å². The summed E-state index contributed by atoms with van der Waals surface area (Å²) in [5.74, 6) is 0.549. The van der Waals surface area contributed by atoms with Gasteiger partial charge in [-0.2, -0.15) is 0 Å². The Balaban J connectivity index is 1.54. The number of morpholine rings is 1. The summed E-state index contributed by atoms with van der Waals surface area (Å²) in [4.78, 5) is 6.78. The van der Waals surface area contributed by atoms with Gasteiger partial charge in [0.15, 0.2) is 5.96 Å². The molecule has 21 heavy (non-hydrogen) atoms. The molecule has 1 fully saturated rings. The highest BCUT2D eigenvalue weighted by Crippen LogP contribution is 1.99. The Kier molecular flexibility index (Phi) is 7.04. The van der Waals surface area contributed by atoms with Crippen molar-refractivity contribution in [1.29, 1.82) is 0 Å². The van der Waals surface area contributed by atoms with Gasteiger partial charge in [0.2, 0.25) is 0 Å². The zero-order valence-corrected chi connectivity index (χ0v) is 12.6. The van der Waals surface area contributed by atoms with Gasteiger partial charge in [-0.3, -0.25) is 9.89 Å². The van der Waals surface area contributed by atoms with Crippen molar-refractivity contribution in [2.75, 3.05) is 45.9 Å². The molecule has 1 saturated heterocycles. The van der Waals surface area contributed by atoms with Crippen LogP contribution in [0.25, 0.3) is 0 Å². The summed E-state index contributed by atoms with van der Waals surface area (Å²) < 4.78 is 5.33. The summed E-state index contributed by atoms with van der Waals surface area (Å²) >= 11 is 0. The van der Waals surface area contributed by atoms with Gasteiger partial charge in [-0.15, -0.1) is 0 Å². The molecule has 0 amide bonds. The van der Waals surface area contributed by atoms with Crippen LogP contribution in [0, 0.1) is 0 Å². The molecule has 5 nitrogen and oxygen atoms in total. The van der Waals surface area contributed by atoms with E-state index in [0.717, 1.165) is 58.8 Å². The average Bonchev–Trinajstić information content (AvgIpc) is 2.54. The predicted molar refractivity (Wildman–Crippen MR) is 86.5 cm³/mol. The minimum atomic E-state index is 0.549. The van der Waals surface area contributed by atoms with Crippen LogP contribution < -0.4 is 11.1 Å². The van der Waals surface area contributed by atoms with E-state index in [4.69, 9.17) is 10.5 Å². The fourth-order valence-electron chi connectivity index (χ4n) is 2.35. The van der Waals surface area contributed by atoms with Crippen LogP contribution in [0.3, 0.4) is 0 Å². The first-order valence-electron chi connectivity index (χ1n) is 7.72. The Hall–Kier alpha value is -1.59. The van der Waals surface area contributed by atoms with Crippen molar-refractivity contribution in [3.63, 3.8) is 0 Å². The predicted octanol–water partition coefficient (Wildman–Crippen LogP) is 0.856. The van der Waals surface area contributed by atoms with Gasteiger partial charge in [-0.25, -0.2) is 0 Å². The van der Waals surface area contributed by atoms with E-state index in [2.05, 4.69) is 39.5 Å². The number of guanidine groups is 1. The highest BCUT2D eigenvalue weighted by Gasteiger charge is 2.08. The maximum Gasteiger partial charge on any atom is 0.188 e. The third kappa shape index (κ3) is 6.60. The molecular weight excluding hydrogens is 264 g/mol. The van der Waals surface area contributed by atoms with Crippen molar-refractivity contribution in [3.8, 4) is 0 Å². The van der Waals surface area contributed by atoms with Gasteiger partial charge >= 0.3 is 0 Å². The summed E-state index contributed by atoms with van der Waals surface area (Å²) in [6, 6.07) is 10.4. The SMILES string of the molecule is NC(=NCCCN1CCOCC1)NCCc1ccccc1. The van der Waals surface area contributed by atoms with E-state index >= 15 is 0 Å². The largest absolute Gasteiger partial charge is 0.379 e. The first-order valence-corrected chi connectivity index (χ1v) is 7.72. The van der Waals surface area contributed by atoms with Crippen molar-refractivity contribution >= 4 is 5.96 Å². The standard InChI is InChI=1S/C16H26N4O/c17-16(19-9-7-15-5-2-1-3-6-15)18-8-4-10-20-11-13-21-14-12-20/h1-3,5-6H,4,7-14H2,(H3,17,18,19). The van der Waals surface area contributed by atoms with Crippen LogP contribution in [0.15, 0.2) is 35.3 Å². The molecule has 0 radical (unpaired) electrons. The van der Waals surface area contributed by atoms with E-state index in [1.807, 2.05) is 6.07 Å². The summed E-state index contributed by atoms with van der Waals surface area (Å²) in [7, 11) is 0. The van der Waals surface area contributed by atoms with Crippen LogP contribution in [0.1, 0.15) is 12.0 Å². The van der Waals surface area contributed by atoms with Crippen LogP contribution in [0.5, 0.6) is 0 Å². The monoisotopic (exact) mass is 290 g/mol. The fourth-order valence-corrected chi connectivity index (χ4v) is 2.35. The minimum Gasteiger partial charge on any atom is -0.379 e. The minimum absolute atomic E-state index is 0.549. The van der Waals surface area contributed by atoms with E-state index in [1.54, 1.807) is 0 Å². The van der Waals surface area contributed by atoms with Gasteiger partial charge < -0.3 is 15.8 Å². The maximum atomic E-state index is 5.86. The molecule has 116 valence electrons. The number of hydrogen-bond donors (Lipinski definition) is 2. The summed E-state index contributed by atoms with van der Waals surface area (Å²) in [5, 5.41) is 3.16. The summed E-state index contributed by atoms with van der Waals surface area (Å²) in [6.07, 6.45) is 2.01. The number of rotatable bonds is 7. The third-order valence-electron chi connectivity index (χ3n) is 3.58. The molecule has 0 saturated carbocycles. The van der Waals surface area contributed by atoms with E-state index in [1.165, 1.54) is 5.56 Å². The quantitative estimate of drug-likeness (QED) is 0.444. The second-order valence-electron chi connectivity index (χ2n) is 5.24. The average molecular weight is 290 g/mol. The molecule has 1 aliphatic heterocycles. The highest BCUT2D eigenvalue weighted by atomic mass is 16.5. The molecule has 1 aromatic carbocycles. The van der Waals surface area contributed by atoms with Crippen molar-refractivity contribution < 1.29 is 4.74 Å². The molecule has 5 heteroatoms. The van der Waals surface area contributed by atoms with Crippen molar-refractivity contribution in [3.05, 3.63) is 35.9 Å². The number of nitrogens with one attached hydrogen (secondary N) is 1. The molecule has 0 unspecified atom stereocenters. The van der Waals surface area contributed by atoms with Crippen molar-refractivity contribution in [2.45, 2.75) is 12.8 Å². The van der Waals surface area contributed by atoms with Crippen LogP contribution in [0.4, 0.5) is 0 Å². The van der Waals surface area contributed by atoms with Crippen LogP contribution in [-0.4, -0.2) is 56.8 Å². The Morgan fingerprint density at radius 1 is 1.24 bits per heavy atom. The smallest absolute Gasteiger partial charge is 0.188 e. The van der Waals surface area contributed by atoms with Gasteiger partial charge in [0.05, 0.1) is 13.2 Å². The van der Waals surface area contributed by atoms with E-state index in [0.29, 0.717) is 5.96 Å². The third-order valence-corrected chi connectivity index (χ3v) is 3.58. The van der Waals surface area contributed by atoms with Gasteiger partial charge in [-0.1, -0.05) is 30.3 Å². The summed E-state index contributed by atoms with van der Waals surface area (Å²) in [5.41, 5.74) is 7.17. The molecule has 0 atom stereocenters. The molecule has 1 aliphatic rings. The van der Waals surface area contributed by atoms with Gasteiger partial charge in [0.25, 0.3) is 0 Å². The Morgan fingerprint density at radius 2 is 2.00 bits per heavy atom. The molecular formula is C16H26N4O. The molecule has 0 spiro atoms. The first-order chi connectivity index (χ1) is 10.3. The number of hydrogen-bond acceptors (Lipinski definition) is 3. The maximum absolute atomic E-state index is 5.86. The number of nitrogens with zero attached hydrogens (tertiary/aromatic N) is 2. The number of benzene rings is 1. The highest BCUT2D eigenvalue weighted by molar-refractivity contribution is 5.77. The van der Waals surface area contributed by atoms with Crippen molar-refractivity contribution in [1.82, 2.24) is 10.2 Å². The molecule has 3 N–H and O–H groups in total. The zero-order valence-electron chi connectivity index (χ0n) is 12.6. The second-order valence-corrected chi connectivity index (χ2v) is 5.24. The van der Waals surface area contributed by atoms with E-state index in [9.17, 15) is 0 Å². The van der Waals surface area contributed by atoms with Crippen molar-refractivity contribution in [2.24, 2.45) is 10.7 Å². The first kappa shape index (κ1) is 15.8. The number of aliphatic imine (C=N–C) groups is 1.